The first kappa shape index (κ1) is 18.4. The zero-order chi connectivity index (χ0) is 17.7. The van der Waals surface area contributed by atoms with Crippen molar-refractivity contribution in [2.45, 2.75) is 45.2 Å². The molecule has 1 aliphatic heterocycles. The number of ether oxygens (including phenoxy) is 2. The predicted molar refractivity (Wildman–Crippen MR) is 93.4 cm³/mol. The Hall–Kier alpha value is -1.95. The third kappa shape index (κ3) is 3.59. The standard InChI is InChI=1S/C18H29N3O3/c1-5-8-20-18(22)21-9-7-12-10-15(23-3)16(24-4)11-13(12)17(21)14(19)6-2/h10-11,14,17H,5-9,19H2,1-4H3,(H,20,22)/p+1/t14-,17+/m1/s1. The molecular weight excluding hydrogens is 306 g/mol. The van der Waals surface area contributed by atoms with Crippen LogP contribution in [0.4, 0.5) is 4.79 Å². The Bertz CT molecular complexity index is 577. The Morgan fingerprint density at radius 1 is 1.33 bits per heavy atom. The fraction of sp³-hybridized carbons (Fsp3) is 0.611. The summed E-state index contributed by atoms with van der Waals surface area (Å²) in [4.78, 5) is 14.5. The van der Waals surface area contributed by atoms with E-state index in [1.54, 1.807) is 14.2 Å². The van der Waals surface area contributed by atoms with Crippen molar-refractivity contribution < 1.29 is 20.0 Å². The molecule has 24 heavy (non-hydrogen) atoms. The van der Waals surface area contributed by atoms with Gasteiger partial charge in [0.05, 0.1) is 14.2 Å². The van der Waals surface area contributed by atoms with Gasteiger partial charge >= 0.3 is 6.03 Å². The molecule has 0 unspecified atom stereocenters. The molecule has 1 aliphatic rings. The topological polar surface area (TPSA) is 78.4 Å². The van der Waals surface area contributed by atoms with Gasteiger partial charge < -0.3 is 25.4 Å². The molecule has 0 saturated carbocycles. The summed E-state index contributed by atoms with van der Waals surface area (Å²) in [6.45, 7) is 5.54. The van der Waals surface area contributed by atoms with Gasteiger partial charge in [-0.05, 0) is 42.5 Å². The van der Waals surface area contributed by atoms with Crippen LogP contribution in [0.2, 0.25) is 0 Å². The van der Waals surface area contributed by atoms with Gasteiger partial charge in [-0.2, -0.15) is 0 Å². The first-order valence-corrected chi connectivity index (χ1v) is 8.69. The van der Waals surface area contributed by atoms with E-state index in [-0.39, 0.29) is 18.1 Å². The third-order valence-corrected chi connectivity index (χ3v) is 4.68. The van der Waals surface area contributed by atoms with Crippen LogP contribution in [0.5, 0.6) is 11.5 Å². The molecule has 1 aromatic rings. The molecule has 2 rings (SSSR count). The van der Waals surface area contributed by atoms with Crippen LogP contribution in [0, 0.1) is 0 Å². The highest BCUT2D eigenvalue weighted by molar-refractivity contribution is 5.75. The van der Waals surface area contributed by atoms with Crippen molar-refractivity contribution in [2.75, 3.05) is 27.3 Å². The van der Waals surface area contributed by atoms with Crippen molar-refractivity contribution in [2.24, 2.45) is 0 Å². The molecule has 1 aromatic carbocycles. The van der Waals surface area contributed by atoms with Gasteiger partial charge in [-0.25, -0.2) is 4.79 Å². The summed E-state index contributed by atoms with van der Waals surface area (Å²) in [6, 6.07) is 4.10. The fourth-order valence-electron chi connectivity index (χ4n) is 3.27. The average molecular weight is 336 g/mol. The molecule has 0 spiro atoms. The van der Waals surface area contributed by atoms with Gasteiger partial charge in [-0.3, -0.25) is 0 Å². The van der Waals surface area contributed by atoms with E-state index in [1.165, 1.54) is 5.56 Å². The smallest absolute Gasteiger partial charge is 0.318 e. The quantitative estimate of drug-likeness (QED) is 0.830. The number of carbonyl (C=O) groups excluding carboxylic acids is 1. The summed E-state index contributed by atoms with van der Waals surface area (Å²) in [6.07, 6.45) is 2.63. The number of rotatable bonds is 6. The van der Waals surface area contributed by atoms with Crippen LogP contribution in [-0.2, 0) is 6.42 Å². The van der Waals surface area contributed by atoms with E-state index in [0.29, 0.717) is 18.8 Å². The molecule has 2 atom stereocenters. The van der Waals surface area contributed by atoms with Crippen molar-refractivity contribution in [3.8, 4) is 11.5 Å². The Morgan fingerprint density at radius 2 is 2.00 bits per heavy atom. The van der Waals surface area contributed by atoms with Crippen molar-refractivity contribution in [1.82, 2.24) is 10.2 Å². The number of nitrogens with zero attached hydrogens (tertiary/aromatic N) is 1. The number of hydrogen-bond donors (Lipinski definition) is 2. The van der Waals surface area contributed by atoms with Crippen LogP contribution < -0.4 is 20.5 Å². The maximum atomic E-state index is 12.6. The number of amides is 2. The normalized spacial score (nSPS) is 17.9. The fourth-order valence-corrected chi connectivity index (χ4v) is 3.27. The zero-order valence-corrected chi connectivity index (χ0v) is 15.2. The second-order valence-electron chi connectivity index (χ2n) is 6.19. The summed E-state index contributed by atoms with van der Waals surface area (Å²) < 4.78 is 10.9. The molecular formula is C18H30N3O3+. The van der Waals surface area contributed by atoms with Gasteiger partial charge in [0.25, 0.3) is 0 Å². The number of nitrogens with one attached hydrogen (secondary N) is 1. The number of carbonyl (C=O) groups is 1. The van der Waals surface area contributed by atoms with Crippen LogP contribution in [0.3, 0.4) is 0 Å². The van der Waals surface area contributed by atoms with Crippen LogP contribution in [0.25, 0.3) is 0 Å². The van der Waals surface area contributed by atoms with Crippen LogP contribution in [-0.4, -0.2) is 44.3 Å². The molecule has 0 radical (unpaired) electrons. The average Bonchev–Trinajstić information content (AvgIpc) is 2.62. The summed E-state index contributed by atoms with van der Waals surface area (Å²) >= 11 is 0. The van der Waals surface area contributed by atoms with E-state index in [4.69, 9.17) is 9.47 Å². The highest BCUT2D eigenvalue weighted by Gasteiger charge is 2.37. The maximum absolute atomic E-state index is 12.6. The highest BCUT2D eigenvalue weighted by Crippen LogP contribution is 2.39. The van der Waals surface area contributed by atoms with E-state index in [0.717, 1.165) is 30.6 Å². The lowest BCUT2D eigenvalue weighted by molar-refractivity contribution is -0.433. The number of fused-ring (bicyclic) bond motifs is 1. The molecule has 2 amide bonds. The molecule has 6 heteroatoms. The minimum absolute atomic E-state index is 0.00983. The van der Waals surface area contributed by atoms with Crippen LogP contribution >= 0.6 is 0 Å². The lowest BCUT2D eigenvalue weighted by atomic mass is 9.87. The molecule has 134 valence electrons. The van der Waals surface area contributed by atoms with E-state index >= 15 is 0 Å². The predicted octanol–water partition coefficient (Wildman–Crippen LogP) is 1.74. The maximum Gasteiger partial charge on any atom is 0.318 e. The second-order valence-corrected chi connectivity index (χ2v) is 6.19. The van der Waals surface area contributed by atoms with Crippen molar-refractivity contribution in [1.29, 1.82) is 0 Å². The van der Waals surface area contributed by atoms with Crippen molar-refractivity contribution >= 4 is 6.03 Å². The Labute approximate surface area is 144 Å². The first-order chi connectivity index (χ1) is 11.6. The number of benzene rings is 1. The zero-order valence-electron chi connectivity index (χ0n) is 15.2. The van der Waals surface area contributed by atoms with Crippen molar-refractivity contribution in [3.63, 3.8) is 0 Å². The molecule has 0 fully saturated rings. The first-order valence-electron chi connectivity index (χ1n) is 8.69. The van der Waals surface area contributed by atoms with Crippen LogP contribution in [0.1, 0.15) is 43.9 Å². The second kappa shape index (κ2) is 8.24. The van der Waals surface area contributed by atoms with Gasteiger partial charge in [0.15, 0.2) is 11.5 Å². The monoisotopic (exact) mass is 336 g/mol. The minimum Gasteiger partial charge on any atom is -0.493 e. The van der Waals surface area contributed by atoms with Gasteiger partial charge in [0.1, 0.15) is 12.1 Å². The third-order valence-electron chi connectivity index (χ3n) is 4.68. The number of urea groups is 1. The van der Waals surface area contributed by atoms with Gasteiger partial charge in [0.2, 0.25) is 0 Å². The Morgan fingerprint density at radius 3 is 2.58 bits per heavy atom. The van der Waals surface area contributed by atoms with Gasteiger partial charge in [-0.15, -0.1) is 0 Å². The lowest BCUT2D eigenvalue weighted by Crippen LogP contribution is -2.67. The van der Waals surface area contributed by atoms with Gasteiger partial charge in [-0.1, -0.05) is 13.8 Å². The summed E-state index contributed by atoms with van der Waals surface area (Å²) in [7, 11) is 3.28. The molecule has 6 nitrogen and oxygen atoms in total. The largest absolute Gasteiger partial charge is 0.493 e. The Balaban J connectivity index is 2.42. The highest BCUT2D eigenvalue weighted by atomic mass is 16.5. The summed E-state index contributed by atoms with van der Waals surface area (Å²) in [5.41, 5.74) is 6.62. The van der Waals surface area contributed by atoms with E-state index in [2.05, 4.69) is 24.9 Å². The molecule has 0 aliphatic carbocycles. The number of methoxy groups -OCH3 is 2. The molecule has 0 saturated heterocycles. The molecule has 0 bridgehead atoms. The van der Waals surface area contributed by atoms with E-state index in [1.807, 2.05) is 17.0 Å². The number of hydrogen-bond acceptors (Lipinski definition) is 3. The summed E-state index contributed by atoms with van der Waals surface area (Å²) in [5, 5.41) is 3.00. The minimum atomic E-state index is -0.0459. The molecule has 0 aromatic heterocycles. The van der Waals surface area contributed by atoms with Crippen molar-refractivity contribution in [3.05, 3.63) is 23.3 Å². The lowest BCUT2D eigenvalue weighted by Gasteiger charge is -2.39. The van der Waals surface area contributed by atoms with E-state index in [9.17, 15) is 4.79 Å². The Kier molecular flexibility index (Phi) is 6.31. The number of quaternary nitrogens is 1. The SMILES string of the molecule is CCCNC(=O)N1CCc2cc(OC)c(OC)cc2[C@H]1[C@H]([NH3+])CC. The summed E-state index contributed by atoms with van der Waals surface area (Å²) in [5.74, 6) is 1.43. The van der Waals surface area contributed by atoms with Crippen LogP contribution in [0.15, 0.2) is 12.1 Å². The molecule has 4 N–H and O–H groups in total. The van der Waals surface area contributed by atoms with Gasteiger partial charge in [0, 0.05) is 13.1 Å². The molecule has 1 heterocycles. The van der Waals surface area contributed by atoms with E-state index < -0.39 is 0 Å².